The van der Waals surface area contributed by atoms with Crippen LogP contribution in [-0.4, -0.2) is 4.89 Å². The molecular formula is HCoFeLiO8P2. The SMILES string of the molecule is O=P([O-])([O-])O.O=P([O-])([O-])[O-].[Co+2].[Fe+2].[Li+]. The smallest absolute Gasteiger partial charge is 0.822 e. The summed E-state index contributed by atoms with van der Waals surface area (Å²) in [5.41, 5.74) is 0. The molecule has 0 saturated heterocycles. The van der Waals surface area contributed by atoms with E-state index in [4.69, 9.17) is 38.5 Å². The molecule has 77 valence electrons. The summed E-state index contributed by atoms with van der Waals surface area (Å²) in [5, 5.41) is 0. The van der Waals surface area contributed by atoms with Crippen LogP contribution >= 0.6 is 15.6 Å². The minimum absolute atomic E-state index is 0. The number of phosphoric acid groups is 2. The van der Waals surface area contributed by atoms with Gasteiger partial charge in [-0.15, -0.1) is 0 Å². The zero-order valence-corrected chi connectivity index (χ0v) is 9.82. The second-order valence-corrected chi connectivity index (χ2v) is 2.75. The van der Waals surface area contributed by atoms with Crippen molar-refractivity contribution in [2.45, 2.75) is 0 Å². The van der Waals surface area contributed by atoms with Gasteiger partial charge < -0.3 is 38.5 Å². The van der Waals surface area contributed by atoms with E-state index in [1.165, 1.54) is 0 Å². The molecule has 0 aliphatic carbocycles. The van der Waals surface area contributed by atoms with Crippen LogP contribution in [-0.2, 0) is 43.0 Å². The molecule has 1 N–H and O–H groups in total. The molecule has 0 amide bonds. The predicted molar refractivity (Wildman–Crippen MR) is 17.4 cm³/mol. The molecule has 0 aromatic carbocycles. The van der Waals surface area contributed by atoms with Crippen molar-refractivity contribution in [2.75, 3.05) is 0 Å². The average Bonchev–Trinajstić information content (AvgIpc) is 1.12. The fraction of sp³-hybridized carbons (Fsp3) is 0. The monoisotopic (exact) mass is 313 g/mol. The Morgan fingerprint density at radius 1 is 0.923 bits per heavy atom. The summed E-state index contributed by atoms with van der Waals surface area (Å²) in [4.78, 5) is 49.9. The Hall–Kier alpha value is 1.84. The van der Waals surface area contributed by atoms with Crippen LogP contribution in [0.25, 0.3) is 0 Å². The van der Waals surface area contributed by atoms with Crippen molar-refractivity contribution in [3.8, 4) is 0 Å². The Kier molecular flexibility index (Phi) is 26.9. The van der Waals surface area contributed by atoms with Crippen molar-refractivity contribution in [3.63, 3.8) is 0 Å². The van der Waals surface area contributed by atoms with E-state index < -0.39 is 15.6 Å². The van der Waals surface area contributed by atoms with Crippen LogP contribution in [0.15, 0.2) is 0 Å². The third kappa shape index (κ3) is 571. The van der Waals surface area contributed by atoms with Gasteiger partial charge >= 0.3 is 52.7 Å². The quantitative estimate of drug-likeness (QED) is 0.339. The largest absolute Gasteiger partial charge is 2.00 e. The average molecular weight is 313 g/mol. The molecular weight excluding hydrogens is 312 g/mol. The number of rotatable bonds is 0. The maximum absolute atomic E-state index is 8.66. The van der Waals surface area contributed by atoms with E-state index >= 15 is 0 Å². The van der Waals surface area contributed by atoms with Gasteiger partial charge in [-0.3, -0.25) is 0 Å². The van der Waals surface area contributed by atoms with Crippen LogP contribution < -0.4 is 43.3 Å². The first-order chi connectivity index (χ1) is 4.00. The second kappa shape index (κ2) is 11.9. The molecule has 0 heterocycles. The molecule has 0 bridgehead atoms. The normalized spacial score (nSPS) is 9.08. The zero-order chi connectivity index (χ0) is 9.00. The van der Waals surface area contributed by atoms with Crippen molar-refractivity contribution >= 4 is 15.6 Å². The standard InChI is InChI=1S/Co.Fe.Li.2H3O4P/c;;;2*1-5(2,3)4/h;;;2*(H3,1,2,3,4)/q2*+2;+1;;/p-5. The van der Waals surface area contributed by atoms with E-state index in [-0.39, 0.29) is 52.7 Å². The van der Waals surface area contributed by atoms with Gasteiger partial charge in [0.1, 0.15) is 0 Å². The summed E-state index contributed by atoms with van der Waals surface area (Å²) in [7, 11) is -10.5. The maximum atomic E-state index is 8.66. The van der Waals surface area contributed by atoms with E-state index in [0.29, 0.717) is 0 Å². The molecule has 0 fully saturated rings. The molecule has 13 heteroatoms. The molecule has 0 aliphatic rings. The fourth-order valence-corrected chi connectivity index (χ4v) is 0. The summed E-state index contributed by atoms with van der Waals surface area (Å²) in [6, 6.07) is 0. The molecule has 1 radical (unpaired) electrons. The van der Waals surface area contributed by atoms with Crippen LogP contribution in [0.1, 0.15) is 0 Å². The third-order valence-electron chi connectivity index (χ3n) is 0. The minimum Gasteiger partial charge on any atom is -0.822 e. The van der Waals surface area contributed by atoms with Gasteiger partial charge in [-0.1, -0.05) is 0 Å². The van der Waals surface area contributed by atoms with Gasteiger partial charge in [0.05, 0.1) is 7.82 Å². The summed E-state index contributed by atoms with van der Waals surface area (Å²) in [6.45, 7) is 0. The van der Waals surface area contributed by atoms with Gasteiger partial charge in [0, 0.05) is 0 Å². The molecule has 0 aliphatic heterocycles. The Morgan fingerprint density at radius 2 is 0.923 bits per heavy atom. The van der Waals surface area contributed by atoms with Gasteiger partial charge in [-0.25, -0.2) is 0 Å². The first-order valence-electron chi connectivity index (χ1n) is 1.48. The Labute approximate surface area is 106 Å². The Morgan fingerprint density at radius 3 is 0.923 bits per heavy atom. The predicted octanol–water partition coefficient (Wildman–Crippen LogP) is -8.02. The third-order valence-corrected chi connectivity index (χ3v) is 0. The molecule has 8 nitrogen and oxygen atoms in total. The van der Waals surface area contributed by atoms with E-state index in [9.17, 15) is 0 Å². The van der Waals surface area contributed by atoms with Crippen LogP contribution in [0.2, 0.25) is 0 Å². The molecule has 0 saturated carbocycles. The van der Waals surface area contributed by atoms with Crippen molar-refractivity contribution in [1.82, 2.24) is 0 Å². The molecule has 0 unspecified atom stereocenters. The zero-order valence-electron chi connectivity index (χ0n) is 5.89. The van der Waals surface area contributed by atoms with E-state index in [2.05, 4.69) is 0 Å². The van der Waals surface area contributed by atoms with Gasteiger partial charge in [-0.05, 0) is 0 Å². The van der Waals surface area contributed by atoms with Crippen LogP contribution in [0, 0.1) is 0 Å². The van der Waals surface area contributed by atoms with E-state index in [1.807, 2.05) is 0 Å². The summed E-state index contributed by atoms with van der Waals surface area (Å²) >= 11 is 0. The van der Waals surface area contributed by atoms with Crippen molar-refractivity contribution in [3.05, 3.63) is 0 Å². The summed E-state index contributed by atoms with van der Waals surface area (Å²) in [5.74, 6) is 0. The maximum Gasteiger partial charge on any atom is 2.00 e. The van der Waals surface area contributed by atoms with Gasteiger partial charge in [0.2, 0.25) is 0 Å². The van der Waals surface area contributed by atoms with Gasteiger partial charge in [-0.2, -0.15) is 7.82 Å². The Balaban J connectivity index is -0.0000000267. The van der Waals surface area contributed by atoms with Crippen molar-refractivity contribution in [2.24, 2.45) is 0 Å². The van der Waals surface area contributed by atoms with Gasteiger partial charge in [0.15, 0.2) is 0 Å². The van der Waals surface area contributed by atoms with Crippen molar-refractivity contribution < 1.29 is 91.2 Å². The molecule has 13 heavy (non-hydrogen) atoms. The minimum atomic E-state index is -5.39. The summed E-state index contributed by atoms with van der Waals surface area (Å²) in [6.07, 6.45) is 0. The van der Waals surface area contributed by atoms with Crippen LogP contribution in [0.4, 0.5) is 0 Å². The van der Waals surface area contributed by atoms with Gasteiger partial charge in [0.25, 0.3) is 0 Å². The number of hydrogen-bond acceptors (Lipinski definition) is 7. The first kappa shape index (κ1) is 29.4. The summed E-state index contributed by atoms with van der Waals surface area (Å²) < 4.78 is 17.2. The van der Waals surface area contributed by atoms with E-state index in [1.54, 1.807) is 0 Å². The number of hydrogen-bond donors (Lipinski definition) is 1. The fourth-order valence-electron chi connectivity index (χ4n) is 0. The second-order valence-electron chi connectivity index (χ2n) is 0.916. The van der Waals surface area contributed by atoms with E-state index in [0.717, 1.165) is 0 Å². The first-order valence-corrected chi connectivity index (χ1v) is 4.43. The van der Waals surface area contributed by atoms with Crippen molar-refractivity contribution in [1.29, 1.82) is 0 Å². The Bertz CT molecular complexity index is 134. The molecule has 0 aromatic heterocycles. The molecule has 0 atom stereocenters. The molecule has 0 rings (SSSR count). The molecule has 0 spiro atoms. The van der Waals surface area contributed by atoms with Crippen LogP contribution in [0.5, 0.6) is 0 Å². The topological polar surface area (TPSA) is 170 Å². The molecule has 0 aromatic rings. The van der Waals surface area contributed by atoms with Crippen LogP contribution in [0.3, 0.4) is 0 Å².